The zero-order valence-electron chi connectivity index (χ0n) is 2.59. The van der Waals surface area contributed by atoms with Gasteiger partial charge in [-0.3, -0.25) is 0 Å². The van der Waals surface area contributed by atoms with Gasteiger partial charge in [0.25, 0.3) is 12.8 Å². The minimum Gasteiger partial charge on any atom is -0.873 e. The summed E-state index contributed by atoms with van der Waals surface area (Å²) in [5.41, 5.74) is 0. The van der Waals surface area contributed by atoms with E-state index in [1.165, 1.54) is 0 Å². The van der Waals surface area contributed by atoms with Gasteiger partial charge < -0.3 is 5.11 Å². The maximum absolute atomic E-state index is 9.18. The molecule has 0 bridgehead atoms. The largest absolute Gasteiger partial charge is 0.873 e. The molecule has 0 aromatic carbocycles. The third-order valence-corrected chi connectivity index (χ3v) is 0.147. The van der Waals surface area contributed by atoms with Crippen LogP contribution in [-0.2, 0) is 0 Å². The molecule has 26 valence electrons. The number of hydrogen-bond acceptors (Lipinski definition) is 1. The molecule has 2 nitrogen and oxygen atoms in total. The first-order valence-corrected chi connectivity index (χ1v) is 1.09. The summed E-state index contributed by atoms with van der Waals surface area (Å²) in [5, 5.41) is 9.18. The van der Waals surface area contributed by atoms with E-state index in [1.807, 2.05) is 0 Å². The molecule has 0 spiro atoms. The molecule has 0 aliphatic carbocycles. The summed E-state index contributed by atoms with van der Waals surface area (Å²) in [6.07, 6.45) is 1.49. The van der Waals surface area contributed by atoms with Crippen molar-refractivity contribution in [1.82, 2.24) is 0 Å². The van der Waals surface area contributed by atoms with Crippen molar-refractivity contribution in [3.05, 3.63) is 17.3 Å². The summed E-state index contributed by atoms with van der Waals surface area (Å²) < 4.78 is 0. The average molecular weight is 69.1 g/mol. The van der Waals surface area contributed by atoms with Crippen LogP contribution in [0.5, 0.6) is 0 Å². The zero-order valence-corrected chi connectivity index (χ0v) is 2.59. The van der Waals surface area contributed by atoms with Gasteiger partial charge in [-0.05, 0) is 4.85 Å². The highest BCUT2D eigenvalue weighted by Crippen LogP contribution is 1.57. The Labute approximate surface area is 30.2 Å². The van der Waals surface area contributed by atoms with Crippen LogP contribution >= 0.6 is 0 Å². The highest BCUT2D eigenvalue weighted by molar-refractivity contribution is 4.84. The third-order valence-electron chi connectivity index (χ3n) is 0.147. The minimum absolute atomic E-state index is 0.514. The number of hydrogen-bond donors (Lipinski definition) is 0. The Morgan fingerprint density at radius 2 is 2.40 bits per heavy atom. The van der Waals surface area contributed by atoms with E-state index in [0.717, 1.165) is 6.20 Å². The molecule has 5 heavy (non-hydrogen) atoms. The van der Waals surface area contributed by atoms with E-state index in [-0.39, 0.29) is 0 Å². The van der Waals surface area contributed by atoms with Crippen LogP contribution in [0.1, 0.15) is 0 Å². The first kappa shape index (κ1) is 4.03. The summed E-state index contributed by atoms with van der Waals surface area (Å²) >= 11 is 0. The van der Waals surface area contributed by atoms with Gasteiger partial charge in [0.2, 0.25) is 0 Å². The van der Waals surface area contributed by atoms with Crippen molar-refractivity contribution in [1.29, 1.82) is 0 Å². The van der Waals surface area contributed by atoms with Gasteiger partial charge in [0, 0.05) is 0 Å². The molecule has 0 amide bonds. The van der Waals surface area contributed by atoms with Crippen LogP contribution in [0.25, 0.3) is 4.85 Å². The predicted molar refractivity (Wildman–Crippen MR) is 17.4 cm³/mol. The van der Waals surface area contributed by atoms with Crippen molar-refractivity contribution < 1.29 is 5.11 Å². The van der Waals surface area contributed by atoms with E-state index in [2.05, 4.69) is 11.4 Å². The summed E-state index contributed by atoms with van der Waals surface area (Å²) in [6.45, 7) is 4.48. The van der Waals surface area contributed by atoms with Crippen LogP contribution in [-0.4, -0.2) is 0 Å². The Balaban J connectivity index is 3.04. The topological polar surface area (TPSA) is 27.4 Å². The molecule has 0 unspecified atom stereocenters. The first-order valence-electron chi connectivity index (χ1n) is 1.09. The predicted octanol–water partition coefficient (Wildman–Crippen LogP) is -0.219. The lowest BCUT2D eigenvalue weighted by Crippen LogP contribution is -1.81. The second-order valence-corrected chi connectivity index (χ2v) is 0.434. The van der Waals surface area contributed by atoms with Gasteiger partial charge in [0.05, 0.1) is 0 Å². The van der Waals surface area contributed by atoms with Crippen molar-refractivity contribution in [3.63, 3.8) is 0 Å². The van der Waals surface area contributed by atoms with Crippen LogP contribution in [0.3, 0.4) is 0 Å². The fraction of sp³-hybridized carbons (Fsp3) is 0. The highest BCUT2D eigenvalue weighted by Gasteiger charge is 1.51. The zero-order chi connectivity index (χ0) is 4.12. The first-order chi connectivity index (χ1) is 2.41. The third kappa shape index (κ3) is 3.03. The Hall–Kier alpha value is -0.970. The monoisotopic (exact) mass is 69.0 g/mol. The Kier molecular flexibility index (Phi) is 2.44. The van der Waals surface area contributed by atoms with E-state index in [0.29, 0.717) is 6.26 Å². The Morgan fingerprint density at radius 3 is 2.40 bits per heavy atom. The fourth-order valence-electron chi connectivity index (χ4n) is 0.0351. The molecule has 0 saturated carbocycles. The molecule has 0 aromatic heterocycles. The summed E-state index contributed by atoms with van der Waals surface area (Å²) in [6, 6.07) is 0. The minimum atomic E-state index is 0.514. The van der Waals surface area contributed by atoms with Crippen molar-refractivity contribution in [3.8, 4) is 6.57 Å². The number of nitrogens with zero attached hydrogens (tertiary/aromatic N) is 1. The van der Waals surface area contributed by atoms with E-state index < -0.39 is 0 Å². The molecular weight excluding hydrogens is 66.0 g/mol. The quantitative estimate of drug-likeness (QED) is 0.361. The molecular formula is C3H3NO. The van der Waals surface area contributed by atoms with Gasteiger partial charge in [0.1, 0.15) is 0 Å². The van der Waals surface area contributed by atoms with Gasteiger partial charge >= 0.3 is 0 Å². The molecule has 0 radical (unpaired) electrons. The Bertz CT molecular complexity index is 69.5. The van der Waals surface area contributed by atoms with Crippen molar-refractivity contribution in [2.45, 2.75) is 0 Å². The number of rotatable bonds is 0. The maximum atomic E-state index is 9.18. The highest BCUT2D eigenvalue weighted by atomic mass is 16.2. The lowest BCUT2D eigenvalue weighted by molar-refractivity contribution is -0.274. The molecule has 0 heterocycles. The van der Waals surface area contributed by atoms with Crippen LogP contribution in [0, 0.1) is 6.57 Å². The molecule has 0 fully saturated rings. The molecule has 0 aromatic rings. The lowest BCUT2D eigenvalue weighted by atomic mass is 11.0. The van der Waals surface area contributed by atoms with Gasteiger partial charge in [-0.1, -0.05) is 6.26 Å². The SMILES string of the molecule is C#[N+]C=C[O-]. The van der Waals surface area contributed by atoms with E-state index in [1.54, 1.807) is 0 Å². The van der Waals surface area contributed by atoms with Gasteiger partial charge in [-0.15, -0.1) is 0 Å². The standard InChI is InChI=1S/C3H3NO/c1-4-2-3-5/h1-3H. The van der Waals surface area contributed by atoms with E-state index in [4.69, 9.17) is 0 Å². The van der Waals surface area contributed by atoms with Crippen LogP contribution in [0.2, 0.25) is 0 Å². The normalized spacial score (nSPS) is 7.80. The van der Waals surface area contributed by atoms with E-state index >= 15 is 0 Å². The summed E-state index contributed by atoms with van der Waals surface area (Å²) in [4.78, 5) is 2.86. The molecule has 0 rings (SSSR count). The summed E-state index contributed by atoms with van der Waals surface area (Å²) in [7, 11) is 0. The second kappa shape index (κ2) is 3.03. The van der Waals surface area contributed by atoms with Crippen LogP contribution in [0.4, 0.5) is 0 Å². The molecule has 2 heteroatoms. The van der Waals surface area contributed by atoms with E-state index in [9.17, 15) is 5.11 Å². The van der Waals surface area contributed by atoms with Gasteiger partial charge in [0.15, 0.2) is 0 Å². The fourth-order valence-corrected chi connectivity index (χ4v) is 0.0351. The van der Waals surface area contributed by atoms with Gasteiger partial charge in [-0.2, -0.15) is 0 Å². The van der Waals surface area contributed by atoms with Crippen LogP contribution in [0.15, 0.2) is 12.5 Å². The maximum Gasteiger partial charge on any atom is 0.290 e. The van der Waals surface area contributed by atoms with Crippen LogP contribution < -0.4 is 5.11 Å². The summed E-state index contributed by atoms with van der Waals surface area (Å²) in [5.74, 6) is 0. The van der Waals surface area contributed by atoms with Crippen molar-refractivity contribution in [2.75, 3.05) is 0 Å². The van der Waals surface area contributed by atoms with Crippen molar-refractivity contribution in [2.24, 2.45) is 0 Å². The van der Waals surface area contributed by atoms with Gasteiger partial charge in [-0.25, -0.2) is 0 Å². The molecule has 0 aliphatic heterocycles. The Morgan fingerprint density at radius 1 is 1.80 bits per heavy atom. The smallest absolute Gasteiger partial charge is 0.290 e. The average Bonchev–Trinajstić information content (AvgIpc) is 1.41. The molecule has 0 atom stereocenters. The molecule has 0 N–H and O–H groups in total. The molecule has 0 aliphatic rings. The second-order valence-electron chi connectivity index (χ2n) is 0.434. The molecule has 0 saturated heterocycles. The lowest BCUT2D eigenvalue weighted by Gasteiger charge is -1.68. The van der Waals surface area contributed by atoms with Crippen molar-refractivity contribution >= 4 is 0 Å².